The highest BCUT2D eigenvalue weighted by atomic mass is 32.1. The fourth-order valence-electron chi connectivity index (χ4n) is 4.14. The van der Waals surface area contributed by atoms with Gasteiger partial charge in [-0.2, -0.15) is 8.78 Å². The average molecular weight is 555 g/mol. The molecule has 164 valence electrons. The van der Waals surface area contributed by atoms with Gasteiger partial charge in [-0.25, -0.2) is 9.97 Å². The Morgan fingerprint density at radius 3 is 1.26 bits per heavy atom. The molecule has 34 heavy (non-hydrogen) atoms. The number of hydrogen-bond acceptors (Lipinski definition) is 8. The lowest BCUT2D eigenvalue weighted by Gasteiger charge is -1.89. The van der Waals surface area contributed by atoms with Gasteiger partial charge in [0.05, 0.1) is 9.75 Å². The van der Waals surface area contributed by atoms with Crippen molar-refractivity contribution in [2.45, 2.75) is 0 Å². The van der Waals surface area contributed by atoms with Crippen LogP contribution in [0, 0.1) is 10.3 Å². The molecule has 0 fully saturated rings. The van der Waals surface area contributed by atoms with Gasteiger partial charge in [0, 0.05) is 18.8 Å². The van der Waals surface area contributed by atoms with Crippen molar-refractivity contribution in [3.05, 3.63) is 58.8 Å². The van der Waals surface area contributed by atoms with Crippen molar-refractivity contribution in [1.82, 2.24) is 9.97 Å². The van der Waals surface area contributed by atoms with Crippen molar-refractivity contribution in [3.8, 4) is 19.8 Å². The molecule has 2 nitrogen and oxygen atoms in total. The summed E-state index contributed by atoms with van der Waals surface area (Å²) in [6, 6.07) is 15.7. The normalized spacial score (nSPS) is 12.4. The zero-order valence-electron chi connectivity index (χ0n) is 16.7. The summed E-state index contributed by atoms with van der Waals surface area (Å²) in [4.78, 5) is 13.9. The second-order valence-electron chi connectivity index (χ2n) is 7.83. The molecule has 0 aliphatic heterocycles. The van der Waals surface area contributed by atoms with E-state index >= 15 is 0 Å². The zero-order valence-corrected chi connectivity index (χ0v) is 21.6. The molecule has 0 amide bonds. The fraction of sp³-hybridized carbons (Fsp3) is 0. The Balaban J connectivity index is 1.18. The summed E-state index contributed by atoms with van der Waals surface area (Å²) >= 11 is 8.94. The van der Waals surface area contributed by atoms with E-state index < -0.39 is 0 Å². The van der Waals surface area contributed by atoms with Crippen LogP contribution < -0.4 is 0 Å². The molecular formula is C24H8F2N2S6. The zero-order chi connectivity index (χ0) is 22.6. The van der Waals surface area contributed by atoms with E-state index in [1.807, 2.05) is 0 Å². The molecular weight excluding hydrogens is 547 g/mol. The first-order valence-electron chi connectivity index (χ1n) is 10.1. The Bertz CT molecular complexity index is 1790. The maximum absolute atomic E-state index is 13.6. The minimum absolute atomic E-state index is 0.151. The molecule has 10 heteroatoms. The second-order valence-corrected chi connectivity index (χ2v) is 14.0. The van der Waals surface area contributed by atoms with Crippen LogP contribution in [-0.4, -0.2) is 9.97 Å². The van der Waals surface area contributed by atoms with E-state index in [1.165, 1.54) is 22.7 Å². The standard InChI is InChI=1S/C24H8F2N2S6/c25-19-7-11-3-13-9(1-15(11)31-19)5-17(29-13)21-27-23-24(33-21)28-22(34-23)18-6-10-2-16-12(4-14(10)30-18)8-20(26)32-16/h1-8H. The smallest absolute Gasteiger partial charge is 0.177 e. The molecule has 0 atom stereocenters. The minimum atomic E-state index is -0.151. The molecule has 0 aliphatic rings. The van der Waals surface area contributed by atoms with Gasteiger partial charge in [0.2, 0.25) is 0 Å². The SMILES string of the molecule is Fc1cc2cc3sc(-c4nc5sc(-c6cc7cc8sc(F)cc8cc7s6)nc5s4)cc3cc2s1. The van der Waals surface area contributed by atoms with Crippen LogP contribution in [0.1, 0.15) is 0 Å². The maximum atomic E-state index is 13.6. The number of halogens is 2. The Morgan fingerprint density at radius 1 is 0.441 bits per heavy atom. The van der Waals surface area contributed by atoms with Crippen LogP contribution in [0.5, 0.6) is 0 Å². The molecule has 0 aliphatic carbocycles. The van der Waals surface area contributed by atoms with Gasteiger partial charge < -0.3 is 0 Å². The van der Waals surface area contributed by atoms with Crippen molar-refractivity contribution in [2.75, 3.05) is 0 Å². The summed E-state index contributed by atoms with van der Waals surface area (Å²) in [6.07, 6.45) is 0. The van der Waals surface area contributed by atoms with E-state index in [-0.39, 0.29) is 10.3 Å². The number of fused-ring (bicyclic) bond motifs is 5. The monoisotopic (exact) mass is 554 g/mol. The third-order valence-electron chi connectivity index (χ3n) is 5.65. The molecule has 8 aromatic rings. The third-order valence-corrected chi connectivity index (χ3v) is 12.0. The molecule has 6 aromatic heterocycles. The summed E-state index contributed by atoms with van der Waals surface area (Å²) < 4.78 is 31.4. The first-order chi connectivity index (χ1) is 16.6. The lowest BCUT2D eigenvalue weighted by atomic mass is 10.2. The average Bonchev–Trinajstić information content (AvgIpc) is 3.58. The molecule has 0 bridgehead atoms. The van der Waals surface area contributed by atoms with Gasteiger partial charge in [0.15, 0.2) is 19.9 Å². The Kier molecular flexibility index (Phi) is 4.15. The van der Waals surface area contributed by atoms with Crippen LogP contribution in [0.3, 0.4) is 0 Å². The van der Waals surface area contributed by atoms with E-state index in [2.05, 4.69) is 36.4 Å². The number of thiazole rings is 2. The summed E-state index contributed by atoms with van der Waals surface area (Å²) in [5.41, 5.74) is 0. The summed E-state index contributed by atoms with van der Waals surface area (Å²) in [5, 5.41) is 5.76. The quantitative estimate of drug-likeness (QED) is 0.212. The number of benzene rings is 2. The van der Waals surface area contributed by atoms with Gasteiger partial charge in [-0.15, -0.1) is 45.3 Å². The van der Waals surface area contributed by atoms with Crippen molar-refractivity contribution >= 4 is 118 Å². The molecule has 6 heterocycles. The topological polar surface area (TPSA) is 25.8 Å². The summed E-state index contributed by atoms with van der Waals surface area (Å²) in [7, 11) is 0. The summed E-state index contributed by atoms with van der Waals surface area (Å²) in [6.45, 7) is 0. The number of thiophene rings is 4. The van der Waals surface area contributed by atoms with Crippen LogP contribution in [-0.2, 0) is 0 Å². The van der Waals surface area contributed by atoms with Crippen molar-refractivity contribution in [1.29, 1.82) is 0 Å². The number of hydrogen-bond donors (Lipinski definition) is 0. The number of aromatic nitrogens is 2. The fourth-order valence-corrected chi connectivity index (χ4v) is 10.1. The third kappa shape index (κ3) is 3.03. The van der Waals surface area contributed by atoms with E-state index in [1.54, 1.807) is 57.5 Å². The van der Waals surface area contributed by atoms with E-state index in [9.17, 15) is 8.78 Å². The van der Waals surface area contributed by atoms with Crippen molar-refractivity contribution in [2.24, 2.45) is 0 Å². The van der Waals surface area contributed by atoms with Gasteiger partial charge in [0.25, 0.3) is 0 Å². The second kappa shape index (κ2) is 7.09. The summed E-state index contributed by atoms with van der Waals surface area (Å²) in [5.74, 6) is 0. The molecule has 0 radical (unpaired) electrons. The number of rotatable bonds is 2. The maximum Gasteiger partial charge on any atom is 0.177 e. The van der Waals surface area contributed by atoms with Crippen LogP contribution in [0.4, 0.5) is 8.78 Å². The first kappa shape index (κ1) is 19.9. The highest BCUT2D eigenvalue weighted by molar-refractivity contribution is 7.33. The van der Waals surface area contributed by atoms with Gasteiger partial charge in [-0.1, -0.05) is 22.7 Å². The Hall–Kier alpha value is -2.34. The van der Waals surface area contributed by atoms with E-state index in [4.69, 9.17) is 9.97 Å². The van der Waals surface area contributed by atoms with Gasteiger partial charge in [-0.05, 0) is 70.1 Å². The predicted molar refractivity (Wildman–Crippen MR) is 148 cm³/mol. The van der Waals surface area contributed by atoms with Crippen molar-refractivity contribution < 1.29 is 8.78 Å². The lowest BCUT2D eigenvalue weighted by molar-refractivity contribution is 0.658. The predicted octanol–water partition coefficient (Wildman–Crippen LogP) is 10.2. The largest absolute Gasteiger partial charge is 0.222 e. The van der Waals surface area contributed by atoms with Gasteiger partial charge in [0.1, 0.15) is 10.0 Å². The van der Waals surface area contributed by atoms with E-state index in [0.29, 0.717) is 0 Å². The lowest BCUT2D eigenvalue weighted by Crippen LogP contribution is -1.67. The molecule has 0 unspecified atom stereocenters. The minimum Gasteiger partial charge on any atom is -0.222 e. The first-order valence-corrected chi connectivity index (χ1v) is 15.0. The molecule has 2 aromatic carbocycles. The van der Waals surface area contributed by atoms with Gasteiger partial charge >= 0.3 is 0 Å². The number of nitrogens with zero attached hydrogens (tertiary/aromatic N) is 2. The van der Waals surface area contributed by atoms with Crippen LogP contribution in [0.2, 0.25) is 0 Å². The Morgan fingerprint density at radius 2 is 0.824 bits per heavy atom. The highest BCUT2D eigenvalue weighted by Gasteiger charge is 2.17. The van der Waals surface area contributed by atoms with Gasteiger partial charge in [-0.3, -0.25) is 0 Å². The van der Waals surface area contributed by atoms with E-state index in [0.717, 1.165) is 69.8 Å². The van der Waals surface area contributed by atoms with Crippen LogP contribution >= 0.6 is 68.0 Å². The molecule has 0 N–H and O–H groups in total. The Labute approximate surface area is 214 Å². The van der Waals surface area contributed by atoms with Crippen molar-refractivity contribution in [3.63, 3.8) is 0 Å². The molecule has 0 spiro atoms. The van der Waals surface area contributed by atoms with Crippen LogP contribution in [0.15, 0.2) is 48.5 Å². The molecule has 0 saturated carbocycles. The highest BCUT2D eigenvalue weighted by Crippen LogP contribution is 2.44. The molecule has 8 rings (SSSR count). The van der Waals surface area contributed by atoms with Crippen LogP contribution in [0.25, 0.3) is 69.8 Å². The molecule has 0 saturated heterocycles.